The van der Waals surface area contributed by atoms with Crippen LogP contribution in [0.5, 0.6) is 0 Å². The van der Waals surface area contributed by atoms with E-state index in [1.807, 2.05) is 50.7 Å². The van der Waals surface area contributed by atoms with Gasteiger partial charge >= 0.3 is 0 Å². The Morgan fingerprint density at radius 2 is 2.04 bits per heavy atom. The van der Waals surface area contributed by atoms with E-state index in [0.29, 0.717) is 12.2 Å². The van der Waals surface area contributed by atoms with E-state index in [-0.39, 0.29) is 17.7 Å². The van der Waals surface area contributed by atoms with Crippen LogP contribution in [0.3, 0.4) is 0 Å². The molecule has 0 aliphatic carbocycles. The van der Waals surface area contributed by atoms with Crippen LogP contribution in [0.4, 0.5) is 0 Å². The molecule has 0 spiro atoms. The lowest BCUT2D eigenvalue weighted by atomic mass is 10.1. The SMILES string of the molecule is Cc1ccc(-c2cc(C(=O)NCC(c3ccsc3)N(C)C)on2)cc1. The average molecular weight is 355 g/mol. The third-order valence-electron chi connectivity index (χ3n) is 4.09. The van der Waals surface area contributed by atoms with Crippen molar-refractivity contribution >= 4 is 17.2 Å². The fourth-order valence-corrected chi connectivity index (χ4v) is 3.29. The summed E-state index contributed by atoms with van der Waals surface area (Å²) in [5.74, 6) is -0.0358. The number of rotatable bonds is 6. The number of hydrogen-bond donors (Lipinski definition) is 1. The topological polar surface area (TPSA) is 58.4 Å². The van der Waals surface area contributed by atoms with Crippen LogP contribution in [0, 0.1) is 6.92 Å². The number of carbonyl (C=O) groups is 1. The van der Waals surface area contributed by atoms with E-state index < -0.39 is 0 Å². The highest BCUT2D eigenvalue weighted by Gasteiger charge is 2.18. The van der Waals surface area contributed by atoms with Gasteiger partial charge in [-0.1, -0.05) is 35.0 Å². The lowest BCUT2D eigenvalue weighted by Crippen LogP contribution is -2.34. The highest BCUT2D eigenvalue weighted by atomic mass is 32.1. The minimum Gasteiger partial charge on any atom is -0.350 e. The Morgan fingerprint density at radius 3 is 2.68 bits per heavy atom. The zero-order chi connectivity index (χ0) is 17.8. The first kappa shape index (κ1) is 17.4. The molecule has 2 heterocycles. The quantitative estimate of drug-likeness (QED) is 0.732. The summed E-state index contributed by atoms with van der Waals surface area (Å²) in [5, 5.41) is 11.1. The normalized spacial score (nSPS) is 12.3. The van der Waals surface area contributed by atoms with Crippen molar-refractivity contribution in [3.05, 3.63) is 64.0 Å². The van der Waals surface area contributed by atoms with Crippen molar-refractivity contribution in [1.82, 2.24) is 15.4 Å². The third-order valence-corrected chi connectivity index (χ3v) is 4.79. The summed E-state index contributed by atoms with van der Waals surface area (Å²) in [6.45, 7) is 2.53. The van der Waals surface area contributed by atoms with Gasteiger partial charge in [-0.25, -0.2) is 0 Å². The molecule has 2 aromatic heterocycles. The van der Waals surface area contributed by atoms with Gasteiger partial charge in [-0.2, -0.15) is 11.3 Å². The lowest BCUT2D eigenvalue weighted by molar-refractivity contribution is 0.0905. The summed E-state index contributed by atoms with van der Waals surface area (Å²) in [5.41, 5.74) is 3.95. The van der Waals surface area contributed by atoms with Crippen molar-refractivity contribution < 1.29 is 9.32 Å². The highest BCUT2D eigenvalue weighted by Crippen LogP contribution is 2.21. The maximum atomic E-state index is 12.4. The van der Waals surface area contributed by atoms with Crippen molar-refractivity contribution in [2.75, 3.05) is 20.6 Å². The van der Waals surface area contributed by atoms with Gasteiger partial charge in [0.25, 0.3) is 5.91 Å². The largest absolute Gasteiger partial charge is 0.350 e. The average Bonchev–Trinajstić information content (AvgIpc) is 3.27. The van der Waals surface area contributed by atoms with Crippen molar-refractivity contribution in [3.63, 3.8) is 0 Å². The molecule has 0 fully saturated rings. The number of aryl methyl sites for hydroxylation is 1. The molecule has 0 radical (unpaired) electrons. The van der Waals surface area contributed by atoms with E-state index in [2.05, 4.69) is 26.8 Å². The Labute approximate surface area is 151 Å². The van der Waals surface area contributed by atoms with Gasteiger partial charge < -0.3 is 14.7 Å². The molecule has 1 aromatic carbocycles. The van der Waals surface area contributed by atoms with Gasteiger partial charge in [0.1, 0.15) is 5.69 Å². The first-order chi connectivity index (χ1) is 12.0. The van der Waals surface area contributed by atoms with Gasteiger partial charge in [-0.05, 0) is 43.4 Å². The molecule has 0 aliphatic heterocycles. The van der Waals surface area contributed by atoms with Gasteiger partial charge in [0.2, 0.25) is 5.76 Å². The van der Waals surface area contributed by atoms with Crippen LogP contribution < -0.4 is 5.32 Å². The number of amides is 1. The summed E-state index contributed by atoms with van der Waals surface area (Å²) in [7, 11) is 4.00. The fraction of sp³-hybridized carbons (Fsp3) is 0.263. The third kappa shape index (κ3) is 4.15. The standard InChI is InChI=1S/C19H21N3O2S/c1-13-4-6-14(7-5-13)16-10-18(24-21-16)19(23)20-11-17(22(2)3)15-8-9-25-12-15/h4-10,12,17H,11H2,1-3H3,(H,20,23). The van der Waals surface area contributed by atoms with E-state index in [9.17, 15) is 4.79 Å². The van der Waals surface area contributed by atoms with Crippen LogP contribution >= 0.6 is 11.3 Å². The molecular formula is C19H21N3O2S. The predicted molar refractivity (Wildman–Crippen MR) is 99.8 cm³/mol. The molecule has 1 unspecified atom stereocenters. The maximum Gasteiger partial charge on any atom is 0.289 e. The molecule has 0 bridgehead atoms. The minimum atomic E-state index is -0.257. The molecule has 3 rings (SSSR count). The zero-order valence-electron chi connectivity index (χ0n) is 14.5. The first-order valence-corrected chi connectivity index (χ1v) is 8.99. The van der Waals surface area contributed by atoms with E-state index in [1.54, 1.807) is 17.4 Å². The van der Waals surface area contributed by atoms with Crippen LogP contribution in [0.1, 0.15) is 27.7 Å². The Kier molecular flexibility index (Phi) is 5.31. The summed E-state index contributed by atoms with van der Waals surface area (Å²) >= 11 is 1.65. The first-order valence-electron chi connectivity index (χ1n) is 8.05. The molecule has 5 nitrogen and oxygen atoms in total. The van der Waals surface area contributed by atoms with E-state index in [0.717, 1.165) is 5.56 Å². The van der Waals surface area contributed by atoms with Crippen molar-refractivity contribution in [2.45, 2.75) is 13.0 Å². The monoisotopic (exact) mass is 355 g/mol. The molecular weight excluding hydrogens is 334 g/mol. The maximum absolute atomic E-state index is 12.4. The molecule has 6 heteroatoms. The van der Waals surface area contributed by atoms with Gasteiger partial charge in [0.05, 0.1) is 6.04 Å². The molecule has 1 amide bonds. The van der Waals surface area contributed by atoms with E-state index in [1.165, 1.54) is 11.1 Å². The fourth-order valence-electron chi connectivity index (χ4n) is 2.58. The number of nitrogens with zero attached hydrogens (tertiary/aromatic N) is 2. The number of aromatic nitrogens is 1. The molecule has 25 heavy (non-hydrogen) atoms. The predicted octanol–water partition coefficient (Wildman–Crippen LogP) is 3.74. The van der Waals surface area contributed by atoms with Crippen LogP contribution in [0.15, 0.2) is 51.7 Å². The van der Waals surface area contributed by atoms with Gasteiger partial charge in [0, 0.05) is 18.2 Å². The summed E-state index contributed by atoms with van der Waals surface area (Å²) < 4.78 is 5.22. The number of thiophene rings is 1. The van der Waals surface area contributed by atoms with E-state index in [4.69, 9.17) is 4.52 Å². The highest BCUT2D eigenvalue weighted by molar-refractivity contribution is 7.07. The van der Waals surface area contributed by atoms with E-state index >= 15 is 0 Å². The van der Waals surface area contributed by atoms with Crippen molar-refractivity contribution in [1.29, 1.82) is 0 Å². The van der Waals surface area contributed by atoms with Crippen LogP contribution in [-0.2, 0) is 0 Å². The van der Waals surface area contributed by atoms with Crippen molar-refractivity contribution in [3.8, 4) is 11.3 Å². The Morgan fingerprint density at radius 1 is 1.28 bits per heavy atom. The second kappa shape index (κ2) is 7.63. The molecule has 1 N–H and O–H groups in total. The Balaban J connectivity index is 1.66. The molecule has 1 atom stereocenters. The minimum absolute atomic E-state index is 0.120. The molecule has 0 saturated heterocycles. The second-order valence-corrected chi connectivity index (χ2v) is 6.97. The number of nitrogens with one attached hydrogen (secondary N) is 1. The molecule has 0 aliphatic rings. The zero-order valence-corrected chi connectivity index (χ0v) is 15.3. The van der Waals surface area contributed by atoms with Gasteiger partial charge in [-0.3, -0.25) is 4.79 Å². The van der Waals surface area contributed by atoms with Crippen LogP contribution in [-0.4, -0.2) is 36.6 Å². The molecule has 0 saturated carbocycles. The number of carbonyl (C=O) groups excluding carboxylic acids is 1. The summed E-state index contributed by atoms with van der Waals surface area (Å²) in [4.78, 5) is 14.5. The van der Waals surface area contributed by atoms with Crippen LogP contribution in [0.2, 0.25) is 0 Å². The number of benzene rings is 1. The number of likely N-dealkylation sites (N-methyl/N-ethyl adjacent to an activating group) is 1. The smallest absolute Gasteiger partial charge is 0.289 e. The van der Waals surface area contributed by atoms with Crippen LogP contribution in [0.25, 0.3) is 11.3 Å². The summed E-state index contributed by atoms with van der Waals surface area (Å²) in [6.07, 6.45) is 0. The van der Waals surface area contributed by atoms with Crippen molar-refractivity contribution in [2.24, 2.45) is 0 Å². The number of hydrogen-bond acceptors (Lipinski definition) is 5. The second-order valence-electron chi connectivity index (χ2n) is 6.19. The lowest BCUT2D eigenvalue weighted by Gasteiger charge is -2.23. The summed E-state index contributed by atoms with van der Waals surface area (Å²) in [6, 6.07) is 11.8. The molecule has 3 aromatic rings. The Hall–Kier alpha value is -2.44. The van der Waals surface area contributed by atoms with Gasteiger partial charge in [0.15, 0.2) is 0 Å². The Bertz CT molecular complexity index is 823. The van der Waals surface area contributed by atoms with Gasteiger partial charge in [-0.15, -0.1) is 0 Å². The molecule has 130 valence electrons.